The summed E-state index contributed by atoms with van der Waals surface area (Å²) in [5.74, 6) is 0.941. The van der Waals surface area contributed by atoms with Crippen molar-refractivity contribution in [2.45, 2.75) is 23.7 Å². The molecule has 2 heterocycles. The highest BCUT2D eigenvalue weighted by molar-refractivity contribution is 7.99. The van der Waals surface area contributed by atoms with E-state index in [9.17, 15) is 15.3 Å². The molecule has 22 heavy (non-hydrogen) atoms. The SMILES string of the molecule is O[C@@H]1[C@@H](O)[C@@H](Oc2ccc(-c3ccncc3)cc2)SC[C@H]1O. The monoisotopic (exact) mass is 319 g/mol. The normalized spacial score (nSPS) is 28.3. The molecule has 1 aliphatic rings. The molecule has 1 aliphatic heterocycles. The Labute approximate surface area is 132 Å². The maximum atomic E-state index is 9.94. The van der Waals surface area contributed by atoms with Crippen LogP contribution < -0.4 is 4.74 Å². The van der Waals surface area contributed by atoms with E-state index in [2.05, 4.69) is 4.98 Å². The standard InChI is InChI=1S/C16H17NO4S/c18-13-9-22-16(15(20)14(13)19)21-12-3-1-10(2-4-12)11-5-7-17-8-6-11/h1-8,13-16,18-20H,9H2/t13-,14+,15-,16+/m1/s1. The van der Waals surface area contributed by atoms with Crippen LogP contribution in [0.25, 0.3) is 11.1 Å². The van der Waals surface area contributed by atoms with Crippen molar-refractivity contribution >= 4 is 11.8 Å². The third-order valence-corrected chi connectivity index (χ3v) is 4.81. The molecule has 0 aliphatic carbocycles. The topological polar surface area (TPSA) is 82.8 Å². The van der Waals surface area contributed by atoms with E-state index < -0.39 is 23.7 Å². The Balaban J connectivity index is 1.69. The van der Waals surface area contributed by atoms with Crippen LogP contribution in [0.5, 0.6) is 5.75 Å². The quantitative estimate of drug-likeness (QED) is 0.791. The fraction of sp³-hybridized carbons (Fsp3) is 0.312. The largest absolute Gasteiger partial charge is 0.477 e. The van der Waals surface area contributed by atoms with Crippen LogP contribution >= 0.6 is 11.8 Å². The number of hydrogen-bond donors (Lipinski definition) is 3. The van der Waals surface area contributed by atoms with E-state index in [1.165, 1.54) is 11.8 Å². The third-order valence-electron chi connectivity index (χ3n) is 3.57. The molecule has 4 atom stereocenters. The maximum Gasteiger partial charge on any atom is 0.173 e. The first-order chi connectivity index (χ1) is 10.6. The number of nitrogens with zero attached hydrogens (tertiary/aromatic N) is 1. The van der Waals surface area contributed by atoms with Gasteiger partial charge >= 0.3 is 0 Å². The summed E-state index contributed by atoms with van der Waals surface area (Å²) in [6.45, 7) is 0. The Hall–Kier alpha value is -1.60. The minimum Gasteiger partial charge on any atom is -0.477 e. The Morgan fingerprint density at radius 3 is 2.23 bits per heavy atom. The van der Waals surface area contributed by atoms with E-state index in [1.54, 1.807) is 12.4 Å². The summed E-state index contributed by atoms with van der Waals surface area (Å²) in [6.07, 6.45) is 0.257. The summed E-state index contributed by atoms with van der Waals surface area (Å²) < 4.78 is 5.71. The number of aliphatic hydroxyl groups excluding tert-OH is 3. The number of rotatable bonds is 3. The molecule has 116 valence electrons. The van der Waals surface area contributed by atoms with Gasteiger partial charge in [0.2, 0.25) is 0 Å². The van der Waals surface area contributed by atoms with Gasteiger partial charge in [-0.3, -0.25) is 4.98 Å². The summed E-state index contributed by atoms with van der Waals surface area (Å²) in [7, 11) is 0. The summed E-state index contributed by atoms with van der Waals surface area (Å²) in [4.78, 5) is 3.99. The highest BCUT2D eigenvalue weighted by Crippen LogP contribution is 2.30. The first kappa shape index (κ1) is 15.3. The van der Waals surface area contributed by atoms with Crippen LogP contribution in [0.15, 0.2) is 48.8 Å². The van der Waals surface area contributed by atoms with Crippen molar-refractivity contribution in [1.82, 2.24) is 4.98 Å². The molecule has 1 saturated heterocycles. The molecule has 0 radical (unpaired) electrons. The molecule has 0 spiro atoms. The predicted octanol–water partition coefficient (Wildman–Crippen LogP) is 1.28. The average molecular weight is 319 g/mol. The number of ether oxygens (including phenoxy) is 1. The molecule has 1 fully saturated rings. The van der Waals surface area contributed by atoms with Crippen molar-refractivity contribution in [3.63, 3.8) is 0 Å². The molecule has 3 rings (SSSR count). The zero-order valence-electron chi connectivity index (χ0n) is 11.7. The maximum absolute atomic E-state index is 9.94. The summed E-state index contributed by atoms with van der Waals surface area (Å²) in [6, 6.07) is 11.3. The van der Waals surface area contributed by atoms with E-state index in [0.29, 0.717) is 11.5 Å². The van der Waals surface area contributed by atoms with Gasteiger partial charge in [0.05, 0.1) is 6.10 Å². The van der Waals surface area contributed by atoms with E-state index >= 15 is 0 Å². The van der Waals surface area contributed by atoms with Gasteiger partial charge in [-0.1, -0.05) is 12.1 Å². The van der Waals surface area contributed by atoms with Crippen LogP contribution in [0, 0.1) is 0 Å². The highest BCUT2D eigenvalue weighted by atomic mass is 32.2. The van der Waals surface area contributed by atoms with E-state index in [1.807, 2.05) is 36.4 Å². The molecule has 0 saturated carbocycles. The molecule has 0 unspecified atom stereocenters. The second kappa shape index (κ2) is 6.66. The third kappa shape index (κ3) is 3.25. The Bertz CT molecular complexity index is 607. The van der Waals surface area contributed by atoms with Gasteiger partial charge in [0.15, 0.2) is 5.44 Å². The molecule has 0 bridgehead atoms. The fourth-order valence-corrected chi connectivity index (χ4v) is 3.41. The van der Waals surface area contributed by atoms with Gasteiger partial charge in [0.1, 0.15) is 18.0 Å². The molecule has 0 amide bonds. The molecule has 2 aromatic rings. The molecule has 3 N–H and O–H groups in total. The number of aliphatic hydroxyl groups is 3. The van der Waals surface area contributed by atoms with E-state index in [0.717, 1.165) is 11.1 Å². The molecule has 1 aromatic carbocycles. The number of thioether (sulfide) groups is 1. The lowest BCUT2D eigenvalue weighted by Gasteiger charge is -2.34. The zero-order valence-corrected chi connectivity index (χ0v) is 12.6. The second-order valence-electron chi connectivity index (χ2n) is 5.13. The highest BCUT2D eigenvalue weighted by Gasteiger charge is 2.38. The van der Waals surface area contributed by atoms with Gasteiger partial charge in [-0.15, -0.1) is 11.8 Å². The lowest BCUT2D eigenvalue weighted by atomic mass is 10.1. The number of benzene rings is 1. The summed E-state index contributed by atoms with van der Waals surface area (Å²) in [5, 5.41) is 29.1. The molecular formula is C16H17NO4S. The minimum atomic E-state index is -1.18. The van der Waals surface area contributed by atoms with E-state index in [4.69, 9.17) is 4.74 Å². The minimum absolute atomic E-state index is 0.331. The smallest absolute Gasteiger partial charge is 0.173 e. The Morgan fingerprint density at radius 1 is 0.909 bits per heavy atom. The molecular weight excluding hydrogens is 302 g/mol. The first-order valence-electron chi connectivity index (χ1n) is 6.98. The number of aromatic nitrogens is 1. The van der Waals surface area contributed by atoms with Gasteiger partial charge < -0.3 is 20.1 Å². The van der Waals surface area contributed by atoms with Gasteiger partial charge in [0.25, 0.3) is 0 Å². The van der Waals surface area contributed by atoms with Gasteiger partial charge in [-0.25, -0.2) is 0 Å². The van der Waals surface area contributed by atoms with Crippen molar-refractivity contribution < 1.29 is 20.1 Å². The zero-order chi connectivity index (χ0) is 15.5. The number of pyridine rings is 1. The Morgan fingerprint density at radius 2 is 1.55 bits per heavy atom. The number of hydrogen-bond acceptors (Lipinski definition) is 6. The summed E-state index contributed by atoms with van der Waals surface area (Å²) in [5.41, 5.74) is 1.51. The average Bonchev–Trinajstić information content (AvgIpc) is 2.57. The first-order valence-corrected chi connectivity index (χ1v) is 8.03. The van der Waals surface area contributed by atoms with Gasteiger partial charge in [-0.05, 0) is 35.4 Å². The van der Waals surface area contributed by atoms with Crippen LogP contribution in [0.3, 0.4) is 0 Å². The van der Waals surface area contributed by atoms with Crippen molar-refractivity contribution in [2.24, 2.45) is 0 Å². The lowest BCUT2D eigenvalue weighted by molar-refractivity contribution is -0.0786. The van der Waals surface area contributed by atoms with Crippen molar-refractivity contribution in [2.75, 3.05) is 5.75 Å². The molecule has 1 aromatic heterocycles. The van der Waals surface area contributed by atoms with Crippen LogP contribution in [0.4, 0.5) is 0 Å². The molecule has 5 nitrogen and oxygen atoms in total. The van der Waals surface area contributed by atoms with Crippen LogP contribution in [0.2, 0.25) is 0 Å². The van der Waals surface area contributed by atoms with Crippen molar-refractivity contribution in [3.05, 3.63) is 48.8 Å². The van der Waals surface area contributed by atoms with Gasteiger partial charge in [-0.2, -0.15) is 0 Å². The predicted molar refractivity (Wildman–Crippen MR) is 84.6 cm³/mol. The lowest BCUT2D eigenvalue weighted by Crippen LogP contribution is -2.50. The van der Waals surface area contributed by atoms with Crippen molar-refractivity contribution in [1.29, 1.82) is 0 Å². The van der Waals surface area contributed by atoms with Crippen LogP contribution in [-0.4, -0.2) is 49.8 Å². The summed E-state index contributed by atoms with van der Waals surface area (Å²) >= 11 is 1.29. The van der Waals surface area contributed by atoms with E-state index in [-0.39, 0.29) is 0 Å². The van der Waals surface area contributed by atoms with Crippen LogP contribution in [-0.2, 0) is 0 Å². The Kier molecular flexibility index (Phi) is 4.63. The van der Waals surface area contributed by atoms with Crippen LogP contribution in [0.1, 0.15) is 0 Å². The second-order valence-corrected chi connectivity index (χ2v) is 6.26. The fourth-order valence-electron chi connectivity index (χ4n) is 2.29. The van der Waals surface area contributed by atoms with Gasteiger partial charge in [0, 0.05) is 18.1 Å². The van der Waals surface area contributed by atoms with Crippen molar-refractivity contribution in [3.8, 4) is 16.9 Å². The molecule has 6 heteroatoms.